The van der Waals surface area contributed by atoms with Crippen molar-refractivity contribution in [1.82, 2.24) is 9.80 Å². The Morgan fingerprint density at radius 1 is 0.745 bits per heavy atom. The molecule has 0 bridgehead atoms. The zero-order valence-corrected chi connectivity index (χ0v) is 33.8. The van der Waals surface area contributed by atoms with E-state index in [1.807, 2.05) is 18.2 Å². The second-order valence-corrected chi connectivity index (χ2v) is 15.1. The van der Waals surface area contributed by atoms with Gasteiger partial charge in [0.05, 0.1) is 54.7 Å². The molecule has 6 rings (SSSR count). The Morgan fingerprint density at radius 3 is 2.11 bits per heavy atom. The van der Waals surface area contributed by atoms with E-state index in [1.54, 1.807) is 35.5 Å². The fraction of sp³-hybridized carbons (Fsp3) is 0.578. The van der Waals surface area contributed by atoms with Crippen LogP contribution in [0.25, 0.3) is 0 Å². The SMILES string of the molecule is CCC(c1cccc(OCCN2CCOCC2)c1)C1C(c2ccc(OC)c(OC)c2)CCCN1C(=O)C(c1cc(OC)c(OC)c(OC)c1)C1CCCCC1. The van der Waals surface area contributed by atoms with Gasteiger partial charge in [-0.05, 0) is 91.1 Å². The molecule has 4 unspecified atom stereocenters. The van der Waals surface area contributed by atoms with E-state index in [0.29, 0.717) is 41.9 Å². The molecule has 4 atom stereocenters. The minimum Gasteiger partial charge on any atom is -0.493 e. The minimum atomic E-state index is -0.354. The van der Waals surface area contributed by atoms with Crippen LogP contribution in [-0.2, 0) is 9.53 Å². The quantitative estimate of drug-likeness (QED) is 0.144. The number of morpholine rings is 1. The van der Waals surface area contributed by atoms with Crippen LogP contribution in [0, 0.1) is 5.92 Å². The number of benzene rings is 3. The topological polar surface area (TPSA) is 88.2 Å². The van der Waals surface area contributed by atoms with Gasteiger partial charge in [0.15, 0.2) is 23.0 Å². The number of methoxy groups -OCH3 is 5. The maximum atomic E-state index is 15.7. The Balaban J connectivity index is 1.41. The van der Waals surface area contributed by atoms with Gasteiger partial charge in [0, 0.05) is 44.1 Å². The predicted octanol–water partition coefficient (Wildman–Crippen LogP) is 8.07. The normalized spacial score (nSPS) is 20.7. The Hall–Kier alpha value is -4.15. The van der Waals surface area contributed by atoms with Gasteiger partial charge in [-0.1, -0.05) is 44.4 Å². The van der Waals surface area contributed by atoms with Gasteiger partial charge in [-0.25, -0.2) is 0 Å². The van der Waals surface area contributed by atoms with Crippen molar-refractivity contribution >= 4 is 5.91 Å². The molecule has 10 nitrogen and oxygen atoms in total. The fourth-order valence-corrected chi connectivity index (χ4v) is 9.39. The van der Waals surface area contributed by atoms with Crippen LogP contribution < -0.4 is 28.4 Å². The summed E-state index contributed by atoms with van der Waals surface area (Å²) in [5.74, 6) is 4.07. The molecule has 2 aliphatic heterocycles. The number of ether oxygens (including phenoxy) is 7. The molecule has 300 valence electrons. The third-order valence-electron chi connectivity index (χ3n) is 12.2. The Kier molecular flexibility index (Phi) is 14.5. The zero-order valence-electron chi connectivity index (χ0n) is 33.8. The number of likely N-dealkylation sites (tertiary alicyclic amines) is 1. The first kappa shape index (κ1) is 40.5. The maximum absolute atomic E-state index is 15.7. The first-order valence-corrected chi connectivity index (χ1v) is 20.3. The molecular weight excluding hydrogens is 697 g/mol. The lowest BCUT2D eigenvalue weighted by atomic mass is 9.71. The van der Waals surface area contributed by atoms with Crippen LogP contribution in [0.1, 0.15) is 92.7 Å². The van der Waals surface area contributed by atoms with Gasteiger partial charge in [-0.3, -0.25) is 9.69 Å². The first-order chi connectivity index (χ1) is 26.9. The van der Waals surface area contributed by atoms with Gasteiger partial charge in [0.1, 0.15) is 12.4 Å². The van der Waals surface area contributed by atoms with E-state index in [2.05, 4.69) is 53.1 Å². The van der Waals surface area contributed by atoms with Gasteiger partial charge in [-0.2, -0.15) is 0 Å². The Labute approximate surface area is 328 Å². The Morgan fingerprint density at radius 2 is 1.45 bits per heavy atom. The van der Waals surface area contributed by atoms with Crippen molar-refractivity contribution in [2.75, 3.05) is 81.5 Å². The predicted molar refractivity (Wildman–Crippen MR) is 215 cm³/mol. The number of piperidine rings is 1. The highest BCUT2D eigenvalue weighted by Gasteiger charge is 2.44. The smallest absolute Gasteiger partial charge is 0.230 e. The number of nitrogens with zero attached hydrogens (tertiary/aromatic N) is 2. The van der Waals surface area contributed by atoms with Crippen molar-refractivity contribution < 1.29 is 38.0 Å². The van der Waals surface area contributed by atoms with E-state index in [9.17, 15) is 0 Å². The van der Waals surface area contributed by atoms with Gasteiger partial charge >= 0.3 is 0 Å². The third kappa shape index (κ3) is 9.29. The van der Waals surface area contributed by atoms with Gasteiger partial charge < -0.3 is 38.1 Å². The second kappa shape index (κ2) is 19.6. The summed E-state index contributed by atoms with van der Waals surface area (Å²) >= 11 is 0. The van der Waals surface area contributed by atoms with E-state index in [-0.39, 0.29) is 35.6 Å². The highest BCUT2D eigenvalue weighted by Crippen LogP contribution is 2.48. The zero-order chi connectivity index (χ0) is 38.7. The number of rotatable bonds is 16. The van der Waals surface area contributed by atoms with Crippen molar-refractivity contribution in [3.63, 3.8) is 0 Å². The molecule has 1 amide bonds. The van der Waals surface area contributed by atoms with Crippen LogP contribution in [0.2, 0.25) is 0 Å². The first-order valence-electron chi connectivity index (χ1n) is 20.3. The van der Waals surface area contributed by atoms with Crippen LogP contribution in [-0.4, -0.2) is 103 Å². The summed E-state index contributed by atoms with van der Waals surface area (Å²) in [6.07, 6.45) is 8.15. The molecule has 2 heterocycles. The molecule has 0 aromatic heterocycles. The lowest BCUT2D eigenvalue weighted by Gasteiger charge is -2.48. The molecule has 0 N–H and O–H groups in total. The van der Waals surface area contributed by atoms with Crippen LogP contribution >= 0.6 is 0 Å². The average Bonchev–Trinajstić information content (AvgIpc) is 3.24. The van der Waals surface area contributed by atoms with Crippen molar-refractivity contribution in [1.29, 1.82) is 0 Å². The van der Waals surface area contributed by atoms with Crippen LogP contribution in [0.4, 0.5) is 0 Å². The molecule has 3 aromatic rings. The lowest BCUT2D eigenvalue weighted by molar-refractivity contribution is -0.139. The molecule has 10 heteroatoms. The van der Waals surface area contributed by atoms with E-state index in [0.717, 1.165) is 94.7 Å². The molecular formula is C45H62N2O8. The number of hydrogen-bond acceptors (Lipinski definition) is 9. The van der Waals surface area contributed by atoms with E-state index >= 15 is 4.79 Å². The summed E-state index contributed by atoms with van der Waals surface area (Å²) in [6.45, 7) is 7.81. The molecule has 0 radical (unpaired) electrons. The van der Waals surface area contributed by atoms with Crippen molar-refractivity contribution in [2.45, 2.75) is 82.1 Å². The van der Waals surface area contributed by atoms with Gasteiger partial charge in [-0.15, -0.1) is 0 Å². The number of carbonyl (C=O) groups is 1. The summed E-state index contributed by atoms with van der Waals surface area (Å²) in [4.78, 5) is 20.3. The summed E-state index contributed by atoms with van der Waals surface area (Å²) < 4.78 is 40.8. The third-order valence-corrected chi connectivity index (χ3v) is 12.2. The minimum absolute atomic E-state index is 0.0529. The van der Waals surface area contributed by atoms with Gasteiger partial charge in [0.25, 0.3) is 0 Å². The monoisotopic (exact) mass is 758 g/mol. The van der Waals surface area contributed by atoms with E-state index < -0.39 is 0 Å². The van der Waals surface area contributed by atoms with Crippen LogP contribution in [0.3, 0.4) is 0 Å². The Bertz CT molecular complexity index is 1660. The van der Waals surface area contributed by atoms with Crippen molar-refractivity contribution in [3.8, 4) is 34.5 Å². The summed E-state index contributed by atoms with van der Waals surface area (Å²) in [6, 6.07) is 18.7. The van der Waals surface area contributed by atoms with Crippen molar-refractivity contribution in [3.05, 3.63) is 71.3 Å². The molecule has 3 aromatic carbocycles. The van der Waals surface area contributed by atoms with E-state index in [4.69, 9.17) is 33.2 Å². The highest BCUT2D eigenvalue weighted by molar-refractivity contribution is 5.85. The molecule has 3 fully saturated rings. The standard InChI is InChI=1S/C45H62N2O8/c1-7-36(32-15-11-16-35(27-32)55-26-23-46-21-24-54-25-22-46)43-37(33-18-19-38(49-2)39(28-33)50-3)17-12-20-47(43)45(48)42(31-13-9-8-10-14-31)34-29-40(51-4)44(53-6)41(30-34)52-5/h11,15-16,18-19,27-31,36-37,42-43H,7-10,12-14,17,20-26H2,1-6H3. The molecule has 3 aliphatic rings. The molecule has 1 saturated carbocycles. The number of carbonyl (C=O) groups excluding carboxylic acids is 1. The highest BCUT2D eigenvalue weighted by atomic mass is 16.5. The summed E-state index contributed by atoms with van der Waals surface area (Å²) in [7, 11) is 8.24. The maximum Gasteiger partial charge on any atom is 0.230 e. The molecule has 2 saturated heterocycles. The van der Waals surface area contributed by atoms with E-state index in [1.165, 1.54) is 12.0 Å². The summed E-state index contributed by atoms with van der Waals surface area (Å²) in [5.41, 5.74) is 3.25. The van der Waals surface area contributed by atoms with Crippen LogP contribution in [0.15, 0.2) is 54.6 Å². The fourth-order valence-electron chi connectivity index (χ4n) is 9.39. The largest absolute Gasteiger partial charge is 0.493 e. The number of hydrogen-bond donors (Lipinski definition) is 0. The molecule has 55 heavy (non-hydrogen) atoms. The van der Waals surface area contributed by atoms with Gasteiger partial charge in [0.2, 0.25) is 11.7 Å². The molecule has 1 aliphatic carbocycles. The van der Waals surface area contributed by atoms with Crippen molar-refractivity contribution in [2.24, 2.45) is 5.92 Å². The number of amides is 1. The summed E-state index contributed by atoms with van der Waals surface area (Å²) in [5, 5.41) is 0. The molecule has 0 spiro atoms. The second-order valence-electron chi connectivity index (χ2n) is 15.1. The average molecular weight is 759 g/mol. The van der Waals surface area contributed by atoms with Crippen LogP contribution in [0.5, 0.6) is 34.5 Å². The lowest BCUT2D eigenvalue weighted by Crippen LogP contribution is -2.52.